The van der Waals surface area contributed by atoms with Gasteiger partial charge in [0.2, 0.25) is 11.8 Å². The lowest BCUT2D eigenvalue weighted by Crippen LogP contribution is -2.36. The maximum Gasteiger partial charge on any atom is 0.348 e. The van der Waals surface area contributed by atoms with Crippen molar-refractivity contribution in [3.8, 4) is 0 Å². The van der Waals surface area contributed by atoms with Crippen molar-refractivity contribution in [2.24, 2.45) is 11.5 Å². The van der Waals surface area contributed by atoms with E-state index in [1.165, 1.54) is 0 Å². The average molecular weight is 361 g/mol. The highest BCUT2D eigenvalue weighted by Crippen LogP contribution is 2.21. The van der Waals surface area contributed by atoms with Gasteiger partial charge in [0, 0.05) is 18.2 Å². The smallest absolute Gasteiger partial charge is 0.348 e. The molecule has 0 saturated heterocycles. The summed E-state index contributed by atoms with van der Waals surface area (Å²) in [7, 11) is 0. The number of aromatic nitrogens is 1. The van der Waals surface area contributed by atoms with Gasteiger partial charge in [0.25, 0.3) is 6.01 Å². The van der Waals surface area contributed by atoms with Crippen LogP contribution >= 0.6 is 0 Å². The molecule has 0 radical (unpaired) electrons. The van der Waals surface area contributed by atoms with Crippen molar-refractivity contribution in [1.29, 1.82) is 0 Å². The number of fused-ring (bicyclic) bond motifs is 1. The second kappa shape index (κ2) is 7.96. The molecule has 0 aliphatic heterocycles. The highest BCUT2D eigenvalue weighted by atomic mass is 16.4. The number of nitrogens with one attached hydrogen (secondary N) is 2. The van der Waals surface area contributed by atoms with Crippen LogP contribution in [0, 0.1) is 6.92 Å². The van der Waals surface area contributed by atoms with Gasteiger partial charge in [-0.1, -0.05) is 0 Å². The van der Waals surface area contributed by atoms with Crippen LogP contribution in [0.2, 0.25) is 0 Å². The first kappa shape index (κ1) is 19.4. The van der Waals surface area contributed by atoms with Crippen LogP contribution in [0.25, 0.3) is 10.9 Å². The Morgan fingerprint density at radius 3 is 2.62 bits per heavy atom. The molecule has 0 fully saturated rings. The molecular weight excluding hydrogens is 338 g/mol. The molecule has 1 aromatic heterocycles. The van der Waals surface area contributed by atoms with Gasteiger partial charge in [-0.3, -0.25) is 9.59 Å². The summed E-state index contributed by atoms with van der Waals surface area (Å²) in [6, 6.07) is 2.48. The zero-order chi connectivity index (χ0) is 19.4. The van der Waals surface area contributed by atoms with Crippen molar-refractivity contribution >= 4 is 34.4 Å². The standard InChI is InChI=1S/C17H23N5O4/c1-8(2)20-17-22-12-7-10(6-9(3)14(12)16(25)26-17)21-15(24)11(18)4-5-13(19)23/h6-8,11H,4-5,18H2,1-3H3,(H2,19,23)(H,20,22)(H,21,24)/t11-/m0/s1. The number of nitrogens with two attached hydrogens (primary N) is 2. The summed E-state index contributed by atoms with van der Waals surface area (Å²) in [5.74, 6) is -0.968. The van der Waals surface area contributed by atoms with Gasteiger partial charge >= 0.3 is 5.63 Å². The molecule has 2 aromatic rings. The van der Waals surface area contributed by atoms with Crippen molar-refractivity contribution < 1.29 is 14.0 Å². The van der Waals surface area contributed by atoms with Crippen molar-refractivity contribution in [1.82, 2.24) is 4.98 Å². The molecule has 0 bridgehead atoms. The molecule has 2 amide bonds. The maximum absolute atomic E-state index is 12.2. The molecule has 0 aliphatic carbocycles. The number of nitrogens with zero attached hydrogens (tertiary/aromatic N) is 1. The van der Waals surface area contributed by atoms with Gasteiger partial charge in [0.1, 0.15) is 0 Å². The Bertz CT molecular complexity index is 891. The normalized spacial score (nSPS) is 12.2. The van der Waals surface area contributed by atoms with Gasteiger partial charge in [-0.2, -0.15) is 4.98 Å². The molecule has 0 saturated carbocycles. The summed E-state index contributed by atoms with van der Waals surface area (Å²) in [6.45, 7) is 5.50. The lowest BCUT2D eigenvalue weighted by Gasteiger charge is -2.13. The quantitative estimate of drug-likeness (QED) is 0.570. The number of primary amides is 1. The molecule has 6 N–H and O–H groups in total. The molecule has 0 aliphatic rings. The molecule has 1 aromatic carbocycles. The third-order valence-electron chi connectivity index (χ3n) is 3.65. The molecule has 1 atom stereocenters. The Morgan fingerprint density at radius 2 is 2.00 bits per heavy atom. The highest BCUT2D eigenvalue weighted by molar-refractivity contribution is 5.97. The fourth-order valence-electron chi connectivity index (χ4n) is 2.44. The Hall–Kier alpha value is -2.94. The molecule has 1 heterocycles. The predicted octanol–water partition coefficient (Wildman–Crippen LogP) is 0.848. The van der Waals surface area contributed by atoms with Crippen LogP contribution in [-0.4, -0.2) is 28.9 Å². The van der Waals surface area contributed by atoms with Gasteiger partial charge < -0.3 is 26.5 Å². The molecule has 140 valence electrons. The van der Waals surface area contributed by atoms with E-state index in [0.717, 1.165) is 0 Å². The van der Waals surface area contributed by atoms with Crippen LogP contribution in [0.3, 0.4) is 0 Å². The number of carbonyl (C=O) groups excluding carboxylic acids is 2. The lowest BCUT2D eigenvalue weighted by atomic mass is 10.1. The average Bonchev–Trinajstić information content (AvgIpc) is 2.50. The van der Waals surface area contributed by atoms with E-state index in [-0.39, 0.29) is 24.9 Å². The second-order valence-corrected chi connectivity index (χ2v) is 6.39. The summed E-state index contributed by atoms with van der Waals surface area (Å²) in [5.41, 5.74) is 11.8. The second-order valence-electron chi connectivity index (χ2n) is 6.39. The van der Waals surface area contributed by atoms with Gasteiger partial charge in [0.05, 0.1) is 16.9 Å². The third kappa shape index (κ3) is 4.79. The molecule has 26 heavy (non-hydrogen) atoms. The SMILES string of the molecule is Cc1cc(NC(=O)[C@@H](N)CCC(N)=O)cc2nc(NC(C)C)oc(=O)c12. The topological polar surface area (TPSA) is 153 Å². The van der Waals surface area contributed by atoms with E-state index in [0.29, 0.717) is 22.2 Å². The van der Waals surface area contributed by atoms with Crippen molar-refractivity contribution in [2.75, 3.05) is 10.6 Å². The maximum atomic E-state index is 12.2. The summed E-state index contributed by atoms with van der Waals surface area (Å²) in [5, 5.41) is 5.95. The fourth-order valence-corrected chi connectivity index (χ4v) is 2.44. The minimum absolute atomic E-state index is 0.0260. The van der Waals surface area contributed by atoms with E-state index in [2.05, 4.69) is 15.6 Å². The van der Waals surface area contributed by atoms with Crippen LogP contribution in [0.1, 0.15) is 32.3 Å². The summed E-state index contributed by atoms with van der Waals surface area (Å²) < 4.78 is 5.17. The van der Waals surface area contributed by atoms with E-state index < -0.39 is 23.5 Å². The zero-order valence-corrected chi connectivity index (χ0v) is 15.0. The summed E-state index contributed by atoms with van der Waals surface area (Å²) >= 11 is 0. The van der Waals surface area contributed by atoms with Crippen molar-refractivity contribution in [3.63, 3.8) is 0 Å². The predicted molar refractivity (Wildman–Crippen MR) is 98.8 cm³/mol. The number of rotatable bonds is 7. The highest BCUT2D eigenvalue weighted by Gasteiger charge is 2.16. The number of carbonyl (C=O) groups is 2. The molecule has 9 nitrogen and oxygen atoms in total. The molecule has 0 spiro atoms. The fraction of sp³-hybridized carbons (Fsp3) is 0.412. The number of benzene rings is 1. The van der Waals surface area contributed by atoms with E-state index in [4.69, 9.17) is 15.9 Å². The van der Waals surface area contributed by atoms with Crippen molar-refractivity contribution in [2.45, 2.75) is 45.7 Å². The number of anilines is 2. The minimum Gasteiger partial charge on any atom is -0.389 e. The van der Waals surface area contributed by atoms with Gasteiger partial charge in [0.15, 0.2) is 0 Å². The number of hydrogen-bond donors (Lipinski definition) is 4. The number of hydrogen-bond acceptors (Lipinski definition) is 7. The van der Waals surface area contributed by atoms with Gasteiger partial charge in [-0.05, 0) is 44.9 Å². The summed E-state index contributed by atoms with van der Waals surface area (Å²) in [6.07, 6.45) is 0.177. The number of aryl methyl sites for hydroxylation is 1. The largest absolute Gasteiger partial charge is 0.389 e. The third-order valence-corrected chi connectivity index (χ3v) is 3.65. The van der Waals surface area contributed by atoms with Gasteiger partial charge in [-0.15, -0.1) is 0 Å². The molecule has 2 rings (SSSR count). The van der Waals surface area contributed by atoms with E-state index in [1.807, 2.05) is 13.8 Å². The Morgan fingerprint density at radius 1 is 1.31 bits per heavy atom. The minimum atomic E-state index is -0.870. The monoisotopic (exact) mass is 361 g/mol. The number of amides is 2. The van der Waals surface area contributed by atoms with E-state index in [1.54, 1.807) is 19.1 Å². The van der Waals surface area contributed by atoms with E-state index >= 15 is 0 Å². The molecule has 9 heteroatoms. The molecular formula is C17H23N5O4. The Labute approximate surface area is 150 Å². The van der Waals surface area contributed by atoms with Crippen LogP contribution < -0.4 is 27.7 Å². The first-order chi connectivity index (χ1) is 12.2. The molecule has 0 unspecified atom stereocenters. The Balaban J connectivity index is 2.30. The van der Waals surface area contributed by atoms with Gasteiger partial charge in [-0.25, -0.2) is 4.79 Å². The zero-order valence-electron chi connectivity index (χ0n) is 15.0. The van der Waals surface area contributed by atoms with Crippen LogP contribution in [0.5, 0.6) is 0 Å². The first-order valence-corrected chi connectivity index (χ1v) is 8.24. The van der Waals surface area contributed by atoms with Crippen LogP contribution in [0.4, 0.5) is 11.7 Å². The summed E-state index contributed by atoms with van der Waals surface area (Å²) in [4.78, 5) is 39.4. The van der Waals surface area contributed by atoms with Crippen molar-refractivity contribution in [3.05, 3.63) is 28.1 Å². The first-order valence-electron chi connectivity index (χ1n) is 8.24. The lowest BCUT2D eigenvalue weighted by molar-refractivity contribution is -0.119. The van der Waals surface area contributed by atoms with Crippen LogP contribution in [0.15, 0.2) is 21.3 Å². The van der Waals surface area contributed by atoms with Crippen LogP contribution in [-0.2, 0) is 9.59 Å². The Kier molecular flexibility index (Phi) is 5.93. The van der Waals surface area contributed by atoms with E-state index in [9.17, 15) is 14.4 Å².